The van der Waals surface area contributed by atoms with Crippen molar-refractivity contribution in [2.45, 2.75) is 38.8 Å². The molecular weight excluding hydrogens is 214 g/mol. The fourth-order valence-electron chi connectivity index (χ4n) is 1.71. The van der Waals surface area contributed by atoms with Crippen molar-refractivity contribution in [1.29, 1.82) is 0 Å². The Hall–Kier alpha value is -1.09. The topological polar surface area (TPSA) is 21.6 Å². The Morgan fingerprint density at radius 2 is 1.62 bits per heavy atom. The van der Waals surface area contributed by atoms with E-state index in [1.807, 2.05) is 30.3 Å². The molecule has 0 N–H and O–H groups in total. The van der Waals surface area contributed by atoms with Crippen molar-refractivity contribution in [3.05, 3.63) is 35.9 Å². The molecule has 16 heavy (non-hydrogen) atoms. The minimum Gasteiger partial charge on any atom is -0.458 e. The van der Waals surface area contributed by atoms with Crippen molar-refractivity contribution in [2.24, 2.45) is 5.16 Å². The number of hydrogen-bond donors (Lipinski definition) is 0. The van der Waals surface area contributed by atoms with Crippen LogP contribution in [-0.2, 0) is 4.53 Å². The second-order valence-corrected chi connectivity index (χ2v) is 8.51. The summed E-state index contributed by atoms with van der Waals surface area (Å²) in [6, 6.07) is 10.0. The second kappa shape index (κ2) is 6.48. The van der Waals surface area contributed by atoms with Gasteiger partial charge in [0.1, 0.15) is 0 Å². The van der Waals surface area contributed by atoms with Crippen LogP contribution in [0.25, 0.3) is 0 Å². The lowest BCUT2D eigenvalue weighted by atomic mass is 10.2. The van der Waals surface area contributed by atoms with Crippen molar-refractivity contribution in [2.75, 3.05) is 0 Å². The highest BCUT2D eigenvalue weighted by molar-refractivity contribution is 6.54. The molecule has 1 rings (SSSR count). The highest BCUT2D eigenvalue weighted by Gasteiger charge is 2.22. The largest absolute Gasteiger partial charge is 0.458 e. The van der Waals surface area contributed by atoms with Crippen LogP contribution < -0.4 is 0 Å². The Balaban J connectivity index is 2.52. The predicted octanol–water partition coefficient (Wildman–Crippen LogP) is 3.58. The van der Waals surface area contributed by atoms with Crippen LogP contribution in [0, 0.1) is 0 Å². The fraction of sp³-hybridized carbons (Fsp3) is 0.462. The second-order valence-electron chi connectivity index (χ2n) is 4.70. The lowest BCUT2D eigenvalue weighted by Crippen LogP contribution is -2.23. The van der Waals surface area contributed by atoms with Gasteiger partial charge >= 0.3 is 0 Å². The van der Waals surface area contributed by atoms with Crippen LogP contribution in [0.5, 0.6) is 0 Å². The van der Waals surface area contributed by atoms with Gasteiger partial charge in [-0.05, 0) is 16.6 Å². The standard InChI is InChI=1S/C13H21NOSi/c1-11(2)16(12(3)4)15-14-10-13-8-6-5-7-9-13/h5-12,16H,1-4H3. The molecule has 0 fully saturated rings. The van der Waals surface area contributed by atoms with E-state index in [0.29, 0.717) is 11.1 Å². The summed E-state index contributed by atoms with van der Waals surface area (Å²) < 4.78 is 5.68. The van der Waals surface area contributed by atoms with Gasteiger partial charge in [0.2, 0.25) is 0 Å². The van der Waals surface area contributed by atoms with E-state index in [2.05, 4.69) is 32.9 Å². The van der Waals surface area contributed by atoms with Crippen LogP contribution in [0.1, 0.15) is 33.3 Å². The number of hydrogen-bond acceptors (Lipinski definition) is 2. The zero-order valence-electron chi connectivity index (χ0n) is 10.6. The summed E-state index contributed by atoms with van der Waals surface area (Å²) in [6.07, 6.45) is 1.80. The Morgan fingerprint density at radius 3 is 2.12 bits per heavy atom. The van der Waals surface area contributed by atoms with Crippen molar-refractivity contribution < 1.29 is 4.53 Å². The van der Waals surface area contributed by atoms with Gasteiger partial charge < -0.3 is 4.53 Å². The maximum absolute atomic E-state index is 5.68. The number of rotatable bonds is 5. The molecule has 0 saturated heterocycles. The quantitative estimate of drug-likeness (QED) is 0.434. The molecule has 0 unspecified atom stereocenters. The van der Waals surface area contributed by atoms with Crippen LogP contribution in [0.4, 0.5) is 0 Å². The molecule has 0 atom stereocenters. The predicted molar refractivity (Wildman–Crippen MR) is 72.5 cm³/mol. The van der Waals surface area contributed by atoms with Crippen molar-refractivity contribution >= 4 is 15.3 Å². The Bertz CT molecular complexity index is 314. The molecule has 0 heterocycles. The molecule has 0 bridgehead atoms. The summed E-state index contributed by atoms with van der Waals surface area (Å²) in [4.78, 5) is 0. The van der Waals surface area contributed by atoms with E-state index in [9.17, 15) is 0 Å². The summed E-state index contributed by atoms with van der Waals surface area (Å²) >= 11 is 0. The molecule has 0 saturated carbocycles. The van der Waals surface area contributed by atoms with Crippen LogP contribution >= 0.6 is 0 Å². The lowest BCUT2D eigenvalue weighted by molar-refractivity contribution is 0.332. The Morgan fingerprint density at radius 1 is 1.06 bits per heavy atom. The average Bonchev–Trinajstić information content (AvgIpc) is 2.24. The van der Waals surface area contributed by atoms with E-state index in [0.717, 1.165) is 5.56 Å². The zero-order chi connectivity index (χ0) is 12.0. The third-order valence-corrected chi connectivity index (χ3v) is 5.49. The van der Waals surface area contributed by atoms with E-state index in [1.54, 1.807) is 6.21 Å². The summed E-state index contributed by atoms with van der Waals surface area (Å²) in [6.45, 7) is 8.87. The first-order valence-corrected chi connectivity index (χ1v) is 7.66. The van der Waals surface area contributed by atoms with Crippen LogP contribution in [0.2, 0.25) is 11.1 Å². The first-order chi connectivity index (χ1) is 7.61. The summed E-state index contributed by atoms with van der Waals surface area (Å²) in [5.41, 5.74) is 2.32. The monoisotopic (exact) mass is 235 g/mol. The number of benzene rings is 1. The smallest absolute Gasteiger partial charge is 0.277 e. The normalized spacial score (nSPS) is 11.9. The van der Waals surface area contributed by atoms with Gasteiger partial charge in [0.15, 0.2) is 0 Å². The molecule has 0 aliphatic rings. The van der Waals surface area contributed by atoms with Gasteiger partial charge in [0.25, 0.3) is 9.04 Å². The molecule has 3 heteroatoms. The summed E-state index contributed by atoms with van der Waals surface area (Å²) in [7, 11) is -1.22. The molecule has 0 aromatic heterocycles. The average molecular weight is 235 g/mol. The van der Waals surface area contributed by atoms with Gasteiger partial charge in [0.05, 0.1) is 6.21 Å². The van der Waals surface area contributed by atoms with Crippen LogP contribution in [0.15, 0.2) is 35.5 Å². The number of oxime groups is 1. The fourth-order valence-corrected chi connectivity index (χ4v) is 3.94. The third-order valence-electron chi connectivity index (χ3n) is 2.50. The third kappa shape index (κ3) is 4.19. The van der Waals surface area contributed by atoms with Crippen molar-refractivity contribution in [3.8, 4) is 0 Å². The molecule has 0 radical (unpaired) electrons. The molecule has 1 aromatic rings. The van der Waals surface area contributed by atoms with Gasteiger partial charge in [0, 0.05) is 0 Å². The van der Waals surface area contributed by atoms with E-state index in [1.165, 1.54) is 0 Å². The molecule has 88 valence electrons. The van der Waals surface area contributed by atoms with Crippen molar-refractivity contribution in [3.63, 3.8) is 0 Å². The first kappa shape index (κ1) is 13.0. The summed E-state index contributed by atoms with van der Waals surface area (Å²) in [5.74, 6) is 0. The van der Waals surface area contributed by atoms with Gasteiger partial charge in [-0.3, -0.25) is 0 Å². The maximum atomic E-state index is 5.68. The molecule has 0 spiro atoms. The molecule has 0 amide bonds. The lowest BCUT2D eigenvalue weighted by Gasteiger charge is -2.19. The minimum atomic E-state index is -1.22. The Kier molecular flexibility index (Phi) is 5.26. The van der Waals surface area contributed by atoms with Crippen molar-refractivity contribution in [1.82, 2.24) is 0 Å². The summed E-state index contributed by atoms with van der Waals surface area (Å²) in [5, 5.41) is 4.12. The SMILES string of the molecule is CC(C)[SiH](ON=Cc1ccccc1)C(C)C. The zero-order valence-corrected chi connectivity index (χ0v) is 11.7. The van der Waals surface area contributed by atoms with E-state index >= 15 is 0 Å². The van der Waals surface area contributed by atoms with E-state index in [4.69, 9.17) is 4.53 Å². The van der Waals surface area contributed by atoms with Gasteiger partial charge in [-0.15, -0.1) is 5.16 Å². The van der Waals surface area contributed by atoms with Crippen LogP contribution in [-0.4, -0.2) is 15.3 Å². The van der Waals surface area contributed by atoms with Gasteiger partial charge in [-0.25, -0.2) is 0 Å². The molecule has 1 aromatic carbocycles. The van der Waals surface area contributed by atoms with Crippen LogP contribution in [0.3, 0.4) is 0 Å². The number of nitrogens with zero attached hydrogens (tertiary/aromatic N) is 1. The molecule has 0 aliphatic carbocycles. The van der Waals surface area contributed by atoms with E-state index in [-0.39, 0.29) is 0 Å². The Labute approximate surface area is 100 Å². The molecule has 2 nitrogen and oxygen atoms in total. The highest BCUT2D eigenvalue weighted by Crippen LogP contribution is 2.20. The maximum Gasteiger partial charge on any atom is 0.277 e. The first-order valence-electron chi connectivity index (χ1n) is 5.85. The van der Waals surface area contributed by atoms with E-state index < -0.39 is 9.04 Å². The molecule has 0 aliphatic heterocycles. The highest BCUT2D eigenvalue weighted by atomic mass is 28.3. The van der Waals surface area contributed by atoms with Gasteiger partial charge in [-0.1, -0.05) is 58.0 Å². The van der Waals surface area contributed by atoms with Gasteiger partial charge in [-0.2, -0.15) is 0 Å². The minimum absolute atomic E-state index is 0.618. The molecular formula is C13H21NOSi.